The molecule has 5 nitrogen and oxygen atoms in total. The highest BCUT2D eigenvalue weighted by Gasteiger charge is 2.44. The summed E-state index contributed by atoms with van der Waals surface area (Å²) in [5.41, 5.74) is 24.2. The maximum absolute atomic E-state index is 6.73. The molecular formula is C72H44BN3O2. The maximum atomic E-state index is 6.73. The first-order valence-electron chi connectivity index (χ1n) is 26.8. The van der Waals surface area contributed by atoms with Crippen molar-refractivity contribution in [3.05, 3.63) is 267 Å². The fourth-order valence-electron chi connectivity index (χ4n) is 13.2. The number of benzene rings is 12. The lowest BCUT2D eigenvalue weighted by atomic mass is 9.33. The molecule has 6 heteroatoms. The van der Waals surface area contributed by atoms with E-state index in [2.05, 4.69) is 269 Å². The van der Waals surface area contributed by atoms with Crippen molar-refractivity contribution < 1.29 is 8.83 Å². The van der Waals surface area contributed by atoms with Gasteiger partial charge in [-0.05, 0) is 130 Å². The Balaban J connectivity index is 0.926. The molecule has 3 aromatic heterocycles. The summed E-state index contributed by atoms with van der Waals surface area (Å²) in [5.74, 6) is 0. The number of aromatic nitrogens is 1. The summed E-state index contributed by atoms with van der Waals surface area (Å²) < 4.78 is 15.7. The summed E-state index contributed by atoms with van der Waals surface area (Å²) in [7, 11) is 0. The molecule has 0 unspecified atom stereocenters. The second kappa shape index (κ2) is 16.6. The minimum Gasteiger partial charge on any atom is -0.455 e. The highest BCUT2D eigenvalue weighted by Crippen LogP contribution is 2.48. The van der Waals surface area contributed by atoms with Crippen molar-refractivity contribution >= 4 is 123 Å². The monoisotopic (exact) mass is 993 g/mol. The van der Waals surface area contributed by atoms with Crippen LogP contribution in [-0.4, -0.2) is 11.3 Å². The van der Waals surface area contributed by atoms with E-state index in [-0.39, 0.29) is 6.71 Å². The first-order chi connectivity index (χ1) is 38.7. The molecule has 0 amide bonds. The molecule has 0 radical (unpaired) electrons. The molecule has 0 spiro atoms. The number of nitrogens with zero attached hydrogens (tertiary/aromatic N) is 3. The van der Waals surface area contributed by atoms with Gasteiger partial charge in [0.25, 0.3) is 6.71 Å². The van der Waals surface area contributed by atoms with Crippen molar-refractivity contribution in [1.29, 1.82) is 0 Å². The lowest BCUT2D eigenvalue weighted by molar-refractivity contribution is 0.669. The normalized spacial score (nSPS) is 12.8. The van der Waals surface area contributed by atoms with Gasteiger partial charge < -0.3 is 23.2 Å². The van der Waals surface area contributed by atoms with Crippen molar-refractivity contribution in [3.8, 4) is 39.1 Å². The zero-order chi connectivity index (χ0) is 51.0. The van der Waals surface area contributed by atoms with Crippen LogP contribution >= 0.6 is 0 Å². The molecule has 0 aliphatic carbocycles. The molecule has 0 N–H and O–H groups in total. The Bertz CT molecular complexity index is 4940. The molecule has 15 aromatic rings. The predicted molar refractivity (Wildman–Crippen MR) is 326 cm³/mol. The van der Waals surface area contributed by atoms with Gasteiger partial charge >= 0.3 is 0 Å². The molecule has 17 rings (SSSR count). The summed E-state index contributed by atoms with van der Waals surface area (Å²) in [6.45, 7) is -0.0995. The Morgan fingerprint density at radius 3 is 1.49 bits per heavy atom. The molecule has 5 heterocycles. The van der Waals surface area contributed by atoms with Crippen LogP contribution in [-0.2, 0) is 0 Å². The third-order valence-electron chi connectivity index (χ3n) is 16.6. The molecule has 12 aromatic carbocycles. The van der Waals surface area contributed by atoms with Crippen LogP contribution in [0.15, 0.2) is 276 Å². The van der Waals surface area contributed by atoms with Crippen molar-refractivity contribution in [2.45, 2.75) is 0 Å². The van der Waals surface area contributed by atoms with Crippen LogP contribution in [0.3, 0.4) is 0 Å². The lowest BCUT2D eigenvalue weighted by Crippen LogP contribution is -2.61. The molecule has 0 saturated carbocycles. The SMILES string of the molecule is c1ccc(N2c3ccccc3B3c4cc(-c5cccc6c5oc5ccccc56)ccc4N(c4ccc(-c5cccc6c5oc5ccccc56)cc4)c4cc(-c5ccc6c(c5)c5ccccc5n6-c5ccccc5)cc2c43)cc1. The molecule has 0 atom stereocenters. The molecule has 0 bridgehead atoms. The number of hydrogen-bond donors (Lipinski definition) is 0. The van der Waals surface area contributed by atoms with Gasteiger partial charge in [-0.2, -0.15) is 0 Å². The number of anilines is 6. The molecule has 362 valence electrons. The van der Waals surface area contributed by atoms with E-state index in [1.807, 2.05) is 12.1 Å². The molecule has 0 fully saturated rings. The van der Waals surface area contributed by atoms with Gasteiger partial charge in [0.1, 0.15) is 22.3 Å². The average Bonchev–Trinajstić information content (AvgIpc) is 4.27. The van der Waals surface area contributed by atoms with Crippen molar-refractivity contribution in [2.24, 2.45) is 0 Å². The van der Waals surface area contributed by atoms with E-state index in [1.165, 1.54) is 43.9 Å². The highest BCUT2D eigenvalue weighted by atomic mass is 16.3. The predicted octanol–water partition coefficient (Wildman–Crippen LogP) is 17.7. The first kappa shape index (κ1) is 43.0. The Morgan fingerprint density at radius 2 is 0.795 bits per heavy atom. The van der Waals surface area contributed by atoms with E-state index >= 15 is 0 Å². The Labute approximate surface area is 449 Å². The summed E-state index contributed by atoms with van der Waals surface area (Å²) in [4.78, 5) is 5.01. The van der Waals surface area contributed by atoms with Crippen molar-refractivity contribution in [2.75, 3.05) is 9.80 Å². The van der Waals surface area contributed by atoms with Crippen LogP contribution in [0, 0.1) is 0 Å². The maximum Gasteiger partial charge on any atom is 0.252 e. The van der Waals surface area contributed by atoms with Crippen LogP contribution in [0.4, 0.5) is 34.1 Å². The third kappa shape index (κ3) is 6.26. The van der Waals surface area contributed by atoms with E-state index < -0.39 is 0 Å². The topological polar surface area (TPSA) is 37.7 Å². The van der Waals surface area contributed by atoms with Gasteiger partial charge in [0.05, 0.1) is 11.0 Å². The first-order valence-corrected chi connectivity index (χ1v) is 26.8. The zero-order valence-electron chi connectivity index (χ0n) is 42.1. The standard InChI is InChI=1S/C72H44BN3O2/c1-3-17-49(18-4-1)74-62-29-11-7-21-54(62)59-41-46(35-39-63(59)74)48-43-66-70-67(44-48)76(51-37-33-45(34-38-51)52-24-15-26-57-55-22-8-13-31-68(55)77-71(52)57)65-40-36-47(53-25-16-27-58-56-23-9-14-32-69(56)78-72(53)58)42-61(65)73(70)60-28-10-12-30-64(60)75(66)50-19-5-2-6-20-50/h1-44H. The lowest BCUT2D eigenvalue weighted by Gasteiger charge is -2.44. The minimum atomic E-state index is -0.0995. The third-order valence-corrected chi connectivity index (χ3v) is 16.6. The number of rotatable bonds is 6. The number of hydrogen-bond acceptors (Lipinski definition) is 4. The van der Waals surface area contributed by atoms with E-state index in [4.69, 9.17) is 8.83 Å². The summed E-state index contributed by atoms with van der Waals surface area (Å²) in [6.07, 6.45) is 0. The molecule has 0 saturated heterocycles. The fourth-order valence-corrected chi connectivity index (χ4v) is 13.2. The average molecular weight is 994 g/mol. The van der Waals surface area contributed by atoms with Crippen LogP contribution in [0.2, 0.25) is 0 Å². The van der Waals surface area contributed by atoms with Gasteiger partial charge in [0.15, 0.2) is 0 Å². The van der Waals surface area contributed by atoms with Gasteiger partial charge in [-0.3, -0.25) is 0 Å². The van der Waals surface area contributed by atoms with Gasteiger partial charge in [-0.1, -0.05) is 176 Å². The second-order valence-electron chi connectivity index (χ2n) is 20.7. The van der Waals surface area contributed by atoms with E-state index in [0.29, 0.717) is 0 Å². The fraction of sp³-hybridized carbons (Fsp3) is 0. The highest BCUT2D eigenvalue weighted by molar-refractivity contribution is 7.00. The van der Waals surface area contributed by atoms with Crippen LogP contribution < -0.4 is 26.2 Å². The molecule has 2 aliphatic rings. The molecule has 2 aliphatic heterocycles. The molecule has 78 heavy (non-hydrogen) atoms. The summed E-state index contributed by atoms with van der Waals surface area (Å²) >= 11 is 0. The second-order valence-corrected chi connectivity index (χ2v) is 20.7. The van der Waals surface area contributed by atoms with Crippen LogP contribution in [0.25, 0.3) is 105 Å². The Kier molecular flexibility index (Phi) is 9.15. The summed E-state index contributed by atoms with van der Waals surface area (Å²) in [6, 6.07) is 97.3. The number of furan rings is 2. The zero-order valence-corrected chi connectivity index (χ0v) is 42.1. The van der Waals surface area contributed by atoms with Crippen LogP contribution in [0.1, 0.15) is 0 Å². The van der Waals surface area contributed by atoms with Gasteiger partial charge in [0, 0.05) is 83.3 Å². The number of fused-ring (bicyclic) bond motifs is 13. The van der Waals surface area contributed by atoms with E-state index in [0.717, 1.165) is 111 Å². The summed E-state index contributed by atoms with van der Waals surface area (Å²) in [5, 5.41) is 6.91. The van der Waals surface area contributed by atoms with Gasteiger partial charge in [-0.15, -0.1) is 0 Å². The quantitative estimate of drug-likeness (QED) is 0.156. The van der Waals surface area contributed by atoms with Gasteiger partial charge in [0.2, 0.25) is 0 Å². The molecular weight excluding hydrogens is 950 g/mol. The van der Waals surface area contributed by atoms with E-state index in [9.17, 15) is 0 Å². The number of para-hydroxylation sites is 8. The van der Waals surface area contributed by atoms with Crippen molar-refractivity contribution in [3.63, 3.8) is 0 Å². The minimum absolute atomic E-state index is 0.0995. The Morgan fingerprint density at radius 1 is 0.282 bits per heavy atom. The van der Waals surface area contributed by atoms with E-state index in [1.54, 1.807) is 0 Å². The Hall–Kier alpha value is -10.3. The van der Waals surface area contributed by atoms with Crippen LogP contribution in [0.5, 0.6) is 0 Å². The van der Waals surface area contributed by atoms with Gasteiger partial charge in [-0.25, -0.2) is 0 Å². The van der Waals surface area contributed by atoms with Crippen molar-refractivity contribution in [1.82, 2.24) is 4.57 Å². The largest absolute Gasteiger partial charge is 0.455 e. The smallest absolute Gasteiger partial charge is 0.252 e.